The number of ketones is 1. The van der Waals surface area contributed by atoms with Crippen molar-refractivity contribution in [2.24, 2.45) is 17.3 Å². The van der Waals surface area contributed by atoms with E-state index in [2.05, 4.69) is 10.1 Å². The van der Waals surface area contributed by atoms with Gasteiger partial charge in [0.1, 0.15) is 12.0 Å². The molecule has 0 bridgehead atoms. The lowest BCUT2D eigenvalue weighted by Gasteiger charge is -2.36. The highest BCUT2D eigenvalue weighted by molar-refractivity contribution is 5.86. The quantitative estimate of drug-likeness (QED) is 0.834. The Bertz CT molecular complexity index is 276. The second-order valence-corrected chi connectivity index (χ2v) is 5.73. The zero-order chi connectivity index (χ0) is 13.2. The fraction of sp³-hybridized carbons (Fsp3) is 0.917. The topological polar surface area (TPSA) is 38.3 Å². The van der Waals surface area contributed by atoms with Crippen LogP contribution in [-0.2, 0) is 9.53 Å². The largest absolute Gasteiger partial charge is 0.346 e. The Morgan fingerprint density at radius 1 is 1.41 bits per heavy atom. The third kappa shape index (κ3) is 4.00. The van der Waals surface area contributed by atoms with Gasteiger partial charge in [-0.1, -0.05) is 27.7 Å². The highest BCUT2D eigenvalue weighted by Crippen LogP contribution is 2.30. The molecule has 0 aromatic carbocycles. The number of piperidine rings is 1. The summed E-state index contributed by atoms with van der Waals surface area (Å²) in [7, 11) is 0. The Morgan fingerprint density at radius 3 is 2.41 bits per heavy atom. The molecular formula is C12H21F2NO2. The van der Waals surface area contributed by atoms with E-state index < -0.39 is 18.3 Å². The minimum atomic E-state index is -2.77. The lowest BCUT2D eigenvalue weighted by Crippen LogP contribution is -2.49. The van der Waals surface area contributed by atoms with Crippen LogP contribution >= 0.6 is 0 Å². The molecule has 0 radical (unpaired) electrons. The van der Waals surface area contributed by atoms with Crippen molar-refractivity contribution in [3.8, 4) is 0 Å². The first-order chi connectivity index (χ1) is 7.71. The van der Waals surface area contributed by atoms with E-state index in [0.717, 1.165) is 0 Å². The third-order valence-corrected chi connectivity index (χ3v) is 3.18. The fourth-order valence-electron chi connectivity index (χ4n) is 2.18. The van der Waals surface area contributed by atoms with Gasteiger partial charge in [0, 0.05) is 17.9 Å². The third-order valence-electron chi connectivity index (χ3n) is 3.18. The molecule has 0 saturated carbocycles. The van der Waals surface area contributed by atoms with E-state index >= 15 is 0 Å². The molecule has 0 aromatic heterocycles. The first-order valence-corrected chi connectivity index (χ1v) is 5.93. The maximum atomic E-state index is 12.1. The molecule has 1 aliphatic heterocycles. The van der Waals surface area contributed by atoms with Crippen LogP contribution in [0.15, 0.2) is 0 Å². The summed E-state index contributed by atoms with van der Waals surface area (Å²) in [5, 5.41) is 2.86. The van der Waals surface area contributed by atoms with Crippen molar-refractivity contribution >= 4 is 5.78 Å². The van der Waals surface area contributed by atoms with Gasteiger partial charge in [0.15, 0.2) is 0 Å². The standard InChI is InChI=1S/C12H21F2NO2/c1-7-5-9(17-11(13)14)15-6-8(7)10(16)12(2,3)4/h7-9,11,15H,5-6H2,1-4H3. The summed E-state index contributed by atoms with van der Waals surface area (Å²) in [4.78, 5) is 12.1. The van der Waals surface area contributed by atoms with Gasteiger partial charge in [0.2, 0.25) is 0 Å². The summed E-state index contributed by atoms with van der Waals surface area (Å²) >= 11 is 0. The summed E-state index contributed by atoms with van der Waals surface area (Å²) in [5.41, 5.74) is -0.392. The molecule has 17 heavy (non-hydrogen) atoms. The molecule has 1 rings (SSSR count). The van der Waals surface area contributed by atoms with Crippen molar-refractivity contribution < 1.29 is 18.3 Å². The molecule has 0 aromatic rings. The van der Waals surface area contributed by atoms with Crippen LogP contribution < -0.4 is 5.32 Å². The van der Waals surface area contributed by atoms with Crippen LogP contribution in [0, 0.1) is 17.3 Å². The molecule has 100 valence electrons. The first kappa shape index (κ1) is 14.5. The number of carbonyl (C=O) groups excluding carboxylic acids is 1. The summed E-state index contributed by atoms with van der Waals surface area (Å²) in [5.74, 6) is 0.118. The molecule has 1 aliphatic rings. The second kappa shape index (κ2) is 5.40. The fourth-order valence-corrected chi connectivity index (χ4v) is 2.18. The molecule has 1 fully saturated rings. The normalized spacial score (nSPS) is 30.6. The Morgan fingerprint density at radius 2 is 2.00 bits per heavy atom. The number of halogens is 2. The van der Waals surface area contributed by atoms with E-state index in [1.807, 2.05) is 27.7 Å². The van der Waals surface area contributed by atoms with E-state index in [9.17, 15) is 13.6 Å². The number of nitrogens with one attached hydrogen (secondary N) is 1. The van der Waals surface area contributed by atoms with Crippen molar-refractivity contribution in [2.45, 2.75) is 47.0 Å². The first-order valence-electron chi connectivity index (χ1n) is 5.93. The average molecular weight is 249 g/mol. The zero-order valence-corrected chi connectivity index (χ0v) is 10.8. The van der Waals surface area contributed by atoms with Gasteiger partial charge >= 0.3 is 6.61 Å². The SMILES string of the molecule is CC1CC(OC(F)F)NCC1C(=O)C(C)(C)C. The van der Waals surface area contributed by atoms with Gasteiger partial charge in [-0.15, -0.1) is 0 Å². The van der Waals surface area contributed by atoms with Gasteiger partial charge in [-0.2, -0.15) is 8.78 Å². The summed E-state index contributed by atoms with van der Waals surface area (Å²) in [6, 6.07) is 0. The number of Topliss-reactive ketones (excluding diaryl/α,β-unsaturated/α-hetero) is 1. The molecule has 3 unspecified atom stereocenters. The second-order valence-electron chi connectivity index (χ2n) is 5.73. The van der Waals surface area contributed by atoms with Crippen LogP contribution in [0.25, 0.3) is 0 Å². The number of hydrogen-bond donors (Lipinski definition) is 1. The Labute approximate surface area is 101 Å². The van der Waals surface area contributed by atoms with Crippen molar-refractivity contribution in [2.75, 3.05) is 6.54 Å². The molecule has 1 saturated heterocycles. The maximum Gasteiger partial charge on any atom is 0.346 e. The number of carbonyl (C=O) groups is 1. The van der Waals surface area contributed by atoms with Crippen LogP contribution in [0.4, 0.5) is 8.78 Å². The van der Waals surface area contributed by atoms with Gasteiger partial charge in [-0.3, -0.25) is 10.1 Å². The molecule has 3 nitrogen and oxygen atoms in total. The maximum absolute atomic E-state index is 12.1. The van der Waals surface area contributed by atoms with Gasteiger partial charge in [0.25, 0.3) is 0 Å². The number of ether oxygens (including phenoxy) is 1. The highest BCUT2D eigenvalue weighted by Gasteiger charge is 2.37. The Balaban J connectivity index is 2.56. The van der Waals surface area contributed by atoms with Gasteiger partial charge < -0.3 is 4.74 Å². The van der Waals surface area contributed by atoms with Gasteiger partial charge in [-0.25, -0.2) is 0 Å². The molecular weight excluding hydrogens is 228 g/mol. The van der Waals surface area contributed by atoms with Crippen LogP contribution in [-0.4, -0.2) is 25.2 Å². The monoisotopic (exact) mass is 249 g/mol. The Hall–Kier alpha value is -0.550. The minimum absolute atomic E-state index is 0.0618. The van der Waals surface area contributed by atoms with Crippen LogP contribution in [0.5, 0.6) is 0 Å². The summed E-state index contributed by atoms with van der Waals surface area (Å²) < 4.78 is 28.5. The van der Waals surface area contributed by atoms with Crippen molar-refractivity contribution in [3.63, 3.8) is 0 Å². The molecule has 1 N–H and O–H groups in total. The van der Waals surface area contributed by atoms with Crippen LogP contribution in [0.3, 0.4) is 0 Å². The predicted molar refractivity (Wildman–Crippen MR) is 60.6 cm³/mol. The smallest absolute Gasteiger partial charge is 0.304 e. The van der Waals surface area contributed by atoms with E-state index in [-0.39, 0.29) is 17.6 Å². The summed E-state index contributed by atoms with van der Waals surface area (Å²) in [6.07, 6.45) is -0.203. The molecule has 0 aliphatic carbocycles. The van der Waals surface area contributed by atoms with E-state index in [1.165, 1.54) is 0 Å². The highest BCUT2D eigenvalue weighted by atomic mass is 19.3. The minimum Gasteiger partial charge on any atom is -0.304 e. The van der Waals surface area contributed by atoms with Crippen LogP contribution in [0.1, 0.15) is 34.1 Å². The number of hydrogen-bond acceptors (Lipinski definition) is 3. The lowest BCUT2D eigenvalue weighted by atomic mass is 9.75. The van der Waals surface area contributed by atoms with Crippen molar-refractivity contribution in [1.82, 2.24) is 5.32 Å². The van der Waals surface area contributed by atoms with E-state index in [0.29, 0.717) is 13.0 Å². The van der Waals surface area contributed by atoms with Gasteiger partial charge in [0.05, 0.1) is 0 Å². The number of alkyl halides is 2. The number of rotatable bonds is 3. The molecule has 0 spiro atoms. The molecule has 5 heteroatoms. The average Bonchev–Trinajstić information content (AvgIpc) is 2.14. The van der Waals surface area contributed by atoms with Crippen molar-refractivity contribution in [3.05, 3.63) is 0 Å². The lowest BCUT2D eigenvalue weighted by molar-refractivity contribution is -0.183. The summed E-state index contributed by atoms with van der Waals surface area (Å²) in [6.45, 7) is 5.19. The van der Waals surface area contributed by atoms with E-state index in [1.54, 1.807) is 0 Å². The predicted octanol–water partition coefficient (Wildman–Crippen LogP) is 2.41. The molecule has 1 heterocycles. The zero-order valence-electron chi connectivity index (χ0n) is 10.8. The van der Waals surface area contributed by atoms with Gasteiger partial charge in [-0.05, 0) is 12.3 Å². The Kier molecular flexibility index (Phi) is 4.61. The van der Waals surface area contributed by atoms with E-state index in [4.69, 9.17) is 0 Å². The molecule has 0 amide bonds. The van der Waals surface area contributed by atoms with Crippen molar-refractivity contribution in [1.29, 1.82) is 0 Å². The molecule has 3 atom stereocenters. The van der Waals surface area contributed by atoms with Crippen LogP contribution in [0.2, 0.25) is 0 Å².